The van der Waals surface area contributed by atoms with Crippen molar-refractivity contribution in [2.24, 2.45) is 0 Å². The van der Waals surface area contributed by atoms with Gasteiger partial charge in [-0.1, -0.05) is 23.7 Å². The number of halogens is 3. The fraction of sp³-hybridized carbons (Fsp3) is 0.111. The summed E-state index contributed by atoms with van der Waals surface area (Å²) in [6, 6.07) is 11.8. The summed E-state index contributed by atoms with van der Waals surface area (Å²) >= 11 is 6.03. The average molecular weight is 347 g/mol. The van der Waals surface area contributed by atoms with Gasteiger partial charge in [0, 0.05) is 18.0 Å². The Morgan fingerprint density at radius 2 is 1.75 bits per heavy atom. The Hall–Kier alpha value is -2.53. The second kappa shape index (κ2) is 6.93. The van der Waals surface area contributed by atoms with Crippen LogP contribution in [-0.4, -0.2) is 17.4 Å². The Balaban J connectivity index is 1.70. The Morgan fingerprint density at radius 3 is 2.50 bits per heavy atom. The number of fused-ring (bicyclic) bond motifs is 1. The maximum atomic E-state index is 13.2. The van der Waals surface area contributed by atoms with Crippen LogP contribution in [0.15, 0.2) is 48.5 Å². The lowest BCUT2D eigenvalue weighted by molar-refractivity contribution is 0.0954. The molecule has 0 aliphatic carbocycles. The molecule has 0 aliphatic rings. The molecule has 0 saturated heterocycles. The molecule has 3 aromatic rings. The monoisotopic (exact) mass is 346 g/mol. The fourth-order valence-electron chi connectivity index (χ4n) is 2.34. The number of carbonyl (C=O) groups excluding carboxylic acids is 1. The molecule has 0 fully saturated rings. The van der Waals surface area contributed by atoms with E-state index in [9.17, 15) is 13.6 Å². The summed E-state index contributed by atoms with van der Waals surface area (Å²) in [5.41, 5.74) is 1.53. The maximum Gasteiger partial charge on any atom is 0.254 e. The number of nitrogens with zero attached hydrogens (tertiary/aromatic N) is 1. The van der Waals surface area contributed by atoms with Crippen molar-refractivity contribution in [3.05, 3.63) is 76.4 Å². The minimum atomic E-state index is -0.414. The highest BCUT2D eigenvalue weighted by Gasteiger charge is 2.13. The molecule has 24 heavy (non-hydrogen) atoms. The molecule has 2 aromatic carbocycles. The number of hydrogen-bond acceptors (Lipinski definition) is 2. The summed E-state index contributed by atoms with van der Waals surface area (Å²) < 4.78 is 26.0. The van der Waals surface area contributed by atoms with E-state index in [0.717, 1.165) is 5.56 Å². The Kier molecular flexibility index (Phi) is 4.71. The number of carbonyl (C=O) groups is 1. The van der Waals surface area contributed by atoms with E-state index in [1.165, 1.54) is 24.3 Å². The van der Waals surface area contributed by atoms with Gasteiger partial charge in [-0.2, -0.15) is 0 Å². The van der Waals surface area contributed by atoms with E-state index in [0.29, 0.717) is 23.9 Å². The van der Waals surface area contributed by atoms with Crippen molar-refractivity contribution < 1.29 is 13.6 Å². The summed E-state index contributed by atoms with van der Waals surface area (Å²) in [7, 11) is 0. The van der Waals surface area contributed by atoms with Crippen LogP contribution in [0.1, 0.15) is 15.9 Å². The second-order valence-corrected chi connectivity index (χ2v) is 5.65. The summed E-state index contributed by atoms with van der Waals surface area (Å²) in [6.45, 7) is 0.377. The van der Waals surface area contributed by atoms with Gasteiger partial charge in [-0.3, -0.25) is 4.79 Å². The van der Waals surface area contributed by atoms with Crippen molar-refractivity contribution in [1.82, 2.24) is 10.3 Å². The fourth-order valence-corrected chi connectivity index (χ4v) is 2.57. The van der Waals surface area contributed by atoms with Crippen molar-refractivity contribution >= 4 is 28.4 Å². The van der Waals surface area contributed by atoms with Crippen LogP contribution in [-0.2, 0) is 6.42 Å². The van der Waals surface area contributed by atoms with Crippen molar-refractivity contribution in [1.29, 1.82) is 0 Å². The highest BCUT2D eigenvalue weighted by atomic mass is 35.5. The standard InChI is InChI=1S/C18H13ClF2N2O/c19-17-15(9-12-3-6-14(21)10-16(12)23-17)18(24)22-8-7-11-1-4-13(20)5-2-11/h1-6,9-10H,7-8H2,(H,22,24). The molecule has 0 bridgehead atoms. The number of nitrogens with one attached hydrogen (secondary N) is 1. The molecule has 0 aliphatic heterocycles. The summed E-state index contributed by atoms with van der Waals surface area (Å²) in [4.78, 5) is 16.3. The van der Waals surface area contributed by atoms with Gasteiger partial charge in [0.2, 0.25) is 0 Å². The molecule has 1 aromatic heterocycles. The lowest BCUT2D eigenvalue weighted by Gasteiger charge is -2.08. The van der Waals surface area contributed by atoms with Gasteiger partial charge in [0.05, 0.1) is 11.1 Å². The van der Waals surface area contributed by atoms with E-state index in [4.69, 9.17) is 11.6 Å². The van der Waals surface area contributed by atoms with Crippen LogP contribution in [0.5, 0.6) is 0 Å². The average Bonchev–Trinajstić information content (AvgIpc) is 2.56. The third kappa shape index (κ3) is 3.68. The zero-order valence-electron chi connectivity index (χ0n) is 12.5. The third-order valence-electron chi connectivity index (χ3n) is 3.59. The van der Waals surface area contributed by atoms with Gasteiger partial charge in [-0.05, 0) is 42.3 Å². The SMILES string of the molecule is O=C(NCCc1ccc(F)cc1)c1cc2ccc(F)cc2nc1Cl. The molecule has 6 heteroatoms. The van der Waals surface area contributed by atoms with Crippen LogP contribution < -0.4 is 5.32 Å². The first-order valence-electron chi connectivity index (χ1n) is 7.31. The predicted octanol–water partition coefficient (Wildman–Crippen LogP) is 4.14. The van der Waals surface area contributed by atoms with Crippen LogP contribution in [0, 0.1) is 11.6 Å². The first-order chi connectivity index (χ1) is 11.5. The molecular weight excluding hydrogens is 334 g/mol. The molecule has 1 amide bonds. The quantitative estimate of drug-likeness (QED) is 0.721. The number of amides is 1. The number of benzene rings is 2. The highest BCUT2D eigenvalue weighted by Crippen LogP contribution is 2.21. The van der Waals surface area contributed by atoms with E-state index in [-0.39, 0.29) is 22.4 Å². The molecular formula is C18H13ClF2N2O. The Morgan fingerprint density at radius 1 is 1.04 bits per heavy atom. The molecule has 1 N–H and O–H groups in total. The molecule has 0 unspecified atom stereocenters. The van der Waals surface area contributed by atoms with Gasteiger partial charge >= 0.3 is 0 Å². The first kappa shape index (κ1) is 16.3. The van der Waals surface area contributed by atoms with Gasteiger partial charge in [0.25, 0.3) is 5.91 Å². The molecule has 122 valence electrons. The molecule has 3 rings (SSSR count). The molecule has 0 radical (unpaired) electrons. The summed E-state index contributed by atoms with van der Waals surface area (Å²) in [5, 5.41) is 3.40. The van der Waals surface area contributed by atoms with Gasteiger partial charge in [-0.15, -0.1) is 0 Å². The minimum Gasteiger partial charge on any atom is -0.352 e. The topological polar surface area (TPSA) is 42.0 Å². The lowest BCUT2D eigenvalue weighted by Crippen LogP contribution is -2.26. The number of hydrogen-bond donors (Lipinski definition) is 1. The predicted molar refractivity (Wildman–Crippen MR) is 89.1 cm³/mol. The Labute approximate surface area is 142 Å². The first-order valence-corrected chi connectivity index (χ1v) is 7.69. The third-order valence-corrected chi connectivity index (χ3v) is 3.88. The number of aromatic nitrogens is 1. The minimum absolute atomic E-state index is 0.0207. The van der Waals surface area contributed by atoms with Crippen LogP contribution in [0.4, 0.5) is 8.78 Å². The largest absolute Gasteiger partial charge is 0.352 e. The molecule has 0 saturated carbocycles. The summed E-state index contributed by atoms with van der Waals surface area (Å²) in [5.74, 6) is -1.07. The van der Waals surface area contributed by atoms with Crippen LogP contribution in [0.3, 0.4) is 0 Å². The smallest absolute Gasteiger partial charge is 0.254 e. The normalized spacial score (nSPS) is 10.8. The van der Waals surface area contributed by atoms with Crippen molar-refractivity contribution in [2.45, 2.75) is 6.42 Å². The van der Waals surface area contributed by atoms with Crippen LogP contribution >= 0.6 is 11.6 Å². The molecule has 0 atom stereocenters. The Bertz CT molecular complexity index is 897. The number of rotatable bonds is 4. The van der Waals surface area contributed by atoms with Gasteiger partial charge in [-0.25, -0.2) is 13.8 Å². The zero-order valence-corrected chi connectivity index (χ0v) is 13.3. The van der Waals surface area contributed by atoms with E-state index in [1.807, 2.05) is 0 Å². The van der Waals surface area contributed by atoms with Crippen LogP contribution in [0.25, 0.3) is 10.9 Å². The van der Waals surface area contributed by atoms with Crippen molar-refractivity contribution in [2.75, 3.05) is 6.54 Å². The van der Waals surface area contributed by atoms with E-state index >= 15 is 0 Å². The van der Waals surface area contributed by atoms with Gasteiger partial charge < -0.3 is 5.32 Å². The van der Waals surface area contributed by atoms with Gasteiger partial charge in [0.1, 0.15) is 16.8 Å². The molecule has 3 nitrogen and oxygen atoms in total. The number of pyridine rings is 1. The van der Waals surface area contributed by atoms with Crippen molar-refractivity contribution in [3.8, 4) is 0 Å². The maximum absolute atomic E-state index is 13.2. The van der Waals surface area contributed by atoms with Crippen molar-refractivity contribution in [3.63, 3.8) is 0 Å². The van der Waals surface area contributed by atoms with E-state index < -0.39 is 5.82 Å². The van der Waals surface area contributed by atoms with Crippen LogP contribution in [0.2, 0.25) is 5.15 Å². The zero-order chi connectivity index (χ0) is 17.1. The van der Waals surface area contributed by atoms with E-state index in [2.05, 4.69) is 10.3 Å². The summed E-state index contributed by atoms with van der Waals surface area (Å²) in [6.07, 6.45) is 0.565. The lowest BCUT2D eigenvalue weighted by atomic mass is 10.1. The molecule has 0 spiro atoms. The van der Waals surface area contributed by atoms with E-state index in [1.54, 1.807) is 24.3 Å². The molecule has 1 heterocycles. The van der Waals surface area contributed by atoms with Gasteiger partial charge in [0.15, 0.2) is 0 Å². The highest BCUT2D eigenvalue weighted by molar-refractivity contribution is 6.33. The second-order valence-electron chi connectivity index (χ2n) is 5.30.